The van der Waals surface area contributed by atoms with Crippen LogP contribution >= 0.6 is 11.3 Å². The number of thiophene rings is 1. The molecule has 0 saturated carbocycles. The minimum absolute atomic E-state index is 0.0341. The Bertz CT molecular complexity index is 1240. The maximum atomic E-state index is 12.6. The lowest BCUT2D eigenvalue weighted by molar-refractivity contribution is -0.131. The van der Waals surface area contributed by atoms with E-state index in [1.165, 1.54) is 11.1 Å². The molecule has 1 aliphatic heterocycles. The van der Waals surface area contributed by atoms with Crippen molar-refractivity contribution < 1.29 is 9.21 Å². The van der Waals surface area contributed by atoms with Crippen molar-refractivity contribution in [1.29, 1.82) is 0 Å². The fourth-order valence-corrected chi connectivity index (χ4v) is 5.00. The van der Waals surface area contributed by atoms with Crippen LogP contribution in [0.5, 0.6) is 0 Å². The Kier molecular flexibility index (Phi) is 4.63. The molecular formula is C20H19N9O2S. The number of hydrogen-bond donors (Lipinski definition) is 2. The SMILES string of the molecule is O=C(Cc1nnc(-c2cnc(NC3Cc4cscc4C3)nc2)o1)N1CCc2[nH]nnc2C1. The zero-order chi connectivity index (χ0) is 21.5. The fourth-order valence-electron chi connectivity index (χ4n) is 4.11. The number of H-pyrrole nitrogens is 1. The Morgan fingerprint density at radius 1 is 1.19 bits per heavy atom. The van der Waals surface area contributed by atoms with Gasteiger partial charge in [0.15, 0.2) is 0 Å². The van der Waals surface area contributed by atoms with Gasteiger partial charge in [-0.3, -0.25) is 9.89 Å². The lowest BCUT2D eigenvalue weighted by Gasteiger charge is -2.25. The molecule has 0 fully saturated rings. The van der Waals surface area contributed by atoms with Crippen molar-refractivity contribution in [3.8, 4) is 11.5 Å². The smallest absolute Gasteiger partial charge is 0.250 e. The molecule has 0 atom stereocenters. The molecular weight excluding hydrogens is 430 g/mol. The van der Waals surface area contributed by atoms with Crippen molar-refractivity contribution in [1.82, 2.24) is 40.5 Å². The standard InChI is InChI=1S/C20H19N9O2S/c30-18(29-2-1-15-16(8-29)25-28-24-15)5-17-26-27-19(31-17)13-6-21-20(22-7-13)23-14-3-11-9-32-10-12(11)4-14/h6-7,9-10,14H,1-5,8H2,(H,21,22,23)(H,24,25,28). The maximum Gasteiger partial charge on any atom is 0.250 e. The summed E-state index contributed by atoms with van der Waals surface area (Å²) in [6.07, 6.45) is 6.01. The molecule has 0 spiro atoms. The summed E-state index contributed by atoms with van der Waals surface area (Å²) in [5.41, 5.74) is 5.20. The third-order valence-electron chi connectivity index (χ3n) is 5.80. The minimum Gasteiger partial charge on any atom is -0.420 e. The van der Waals surface area contributed by atoms with Gasteiger partial charge in [-0.05, 0) is 34.7 Å². The van der Waals surface area contributed by atoms with Crippen LogP contribution in [0, 0.1) is 0 Å². The topological polar surface area (TPSA) is 139 Å². The molecule has 11 nitrogen and oxygen atoms in total. The second kappa shape index (κ2) is 7.79. The van der Waals surface area contributed by atoms with Gasteiger partial charge in [-0.15, -0.1) is 15.3 Å². The number of nitrogens with one attached hydrogen (secondary N) is 2. The van der Waals surface area contributed by atoms with E-state index in [9.17, 15) is 4.79 Å². The van der Waals surface area contributed by atoms with Crippen molar-refractivity contribution in [3.63, 3.8) is 0 Å². The van der Waals surface area contributed by atoms with Gasteiger partial charge >= 0.3 is 0 Å². The molecule has 12 heteroatoms. The average molecular weight is 450 g/mol. The monoisotopic (exact) mass is 449 g/mol. The van der Waals surface area contributed by atoms with Crippen molar-refractivity contribution in [2.45, 2.75) is 38.3 Å². The highest BCUT2D eigenvalue weighted by Crippen LogP contribution is 2.27. The van der Waals surface area contributed by atoms with Crippen LogP contribution in [-0.4, -0.2) is 59.0 Å². The van der Waals surface area contributed by atoms with Gasteiger partial charge in [-0.25, -0.2) is 9.97 Å². The number of hydrogen-bond acceptors (Lipinski definition) is 10. The number of carbonyl (C=O) groups is 1. The van der Waals surface area contributed by atoms with E-state index in [1.807, 2.05) is 0 Å². The predicted octanol–water partition coefficient (Wildman–Crippen LogP) is 1.41. The number of carbonyl (C=O) groups excluding carboxylic acids is 1. The van der Waals surface area contributed by atoms with E-state index < -0.39 is 0 Å². The summed E-state index contributed by atoms with van der Waals surface area (Å²) in [6.45, 7) is 1.04. The Hall–Kier alpha value is -3.67. The van der Waals surface area contributed by atoms with Crippen LogP contribution in [0.3, 0.4) is 0 Å². The molecule has 4 aromatic rings. The molecule has 0 bridgehead atoms. The van der Waals surface area contributed by atoms with Gasteiger partial charge < -0.3 is 14.6 Å². The Balaban J connectivity index is 1.07. The molecule has 1 aliphatic carbocycles. The summed E-state index contributed by atoms with van der Waals surface area (Å²) < 4.78 is 5.69. The molecule has 32 heavy (non-hydrogen) atoms. The van der Waals surface area contributed by atoms with E-state index in [0.717, 1.165) is 24.2 Å². The molecule has 162 valence electrons. The van der Waals surface area contributed by atoms with Gasteiger partial charge in [0.25, 0.3) is 5.89 Å². The number of amides is 1. The molecule has 2 N–H and O–H groups in total. The zero-order valence-corrected chi connectivity index (χ0v) is 17.8. The number of aromatic nitrogens is 7. The summed E-state index contributed by atoms with van der Waals surface area (Å²) >= 11 is 1.75. The molecule has 2 aliphatic rings. The normalized spacial score (nSPS) is 15.6. The predicted molar refractivity (Wildman–Crippen MR) is 114 cm³/mol. The lowest BCUT2D eigenvalue weighted by Crippen LogP contribution is -2.37. The lowest BCUT2D eigenvalue weighted by atomic mass is 10.1. The fraction of sp³-hybridized carbons (Fsp3) is 0.350. The summed E-state index contributed by atoms with van der Waals surface area (Å²) in [6, 6.07) is 0.309. The van der Waals surface area contributed by atoms with Crippen LogP contribution in [0.2, 0.25) is 0 Å². The number of anilines is 1. The van der Waals surface area contributed by atoms with Crippen LogP contribution in [0.15, 0.2) is 27.6 Å². The zero-order valence-electron chi connectivity index (χ0n) is 17.0. The summed E-state index contributed by atoms with van der Waals surface area (Å²) in [7, 11) is 0. The van der Waals surface area contributed by atoms with Crippen molar-refractivity contribution in [2.24, 2.45) is 0 Å². The summed E-state index contributed by atoms with van der Waals surface area (Å²) in [4.78, 5) is 23.1. The van der Waals surface area contributed by atoms with Crippen LogP contribution in [0.25, 0.3) is 11.5 Å². The number of fused-ring (bicyclic) bond motifs is 2. The molecule has 6 rings (SSSR count). The Morgan fingerprint density at radius 3 is 2.81 bits per heavy atom. The molecule has 1 amide bonds. The third kappa shape index (κ3) is 3.62. The first-order chi connectivity index (χ1) is 15.7. The first-order valence-corrected chi connectivity index (χ1v) is 11.3. The maximum absolute atomic E-state index is 12.6. The van der Waals surface area contributed by atoms with Crippen LogP contribution in [0.1, 0.15) is 28.4 Å². The van der Waals surface area contributed by atoms with Gasteiger partial charge in [0, 0.05) is 31.4 Å². The van der Waals surface area contributed by atoms with E-state index in [4.69, 9.17) is 4.42 Å². The average Bonchev–Trinajstić information content (AvgIpc) is 3.58. The first kappa shape index (κ1) is 19.0. The highest BCUT2D eigenvalue weighted by atomic mass is 32.1. The third-order valence-corrected chi connectivity index (χ3v) is 6.64. The molecule has 0 radical (unpaired) electrons. The molecule has 0 aromatic carbocycles. The highest BCUT2D eigenvalue weighted by Gasteiger charge is 2.25. The summed E-state index contributed by atoms with van der Waals surface area (Å²) in [5, 5.41) is 26.5. The minimum atomic E-state index is -0.0883. The van der Waals surface area contributed by atoms with Gasteiger partial charge in [-0.2, -0.15) is 11.3 Å². The second-order valence-electron chi connectivity index (χ2n) is 7.95. The summed E-state index contributed by atoms with van der Waals surface area (Å²) in [5.74, 6) is 1.03. The van der Waals surface area contributed by atoms with E-state index in [2.05, 4.69) is 51.7 Å². The quantitative estimate of drug-likeness (QED) is 0.463. The van der Waals surface area contributed by atoms with E-state index in [0.29, 0.717) is 43.0 Å². The van der Waals surface area contributed by atoms with Gasteiger partial charge in [0.05, 0.1) is 17.8 Å². The molecule has 5 heterocycles. The molecule has 0 saturated heterocycles. The number of aromatic amines is 1. The van der Waals surface area contributed by atoms with Crippen molar-refractivity contribution in [2.75, 3.05) is 11.9 Å². The Morgan fingerprint density at radius 2 is 2.00 bits per heavy atom. The number of nitrogens with zero attached hydrogens (tertiary/aromatic N) is 7. The van der Waals surface area contributed by atoms with Crippen LogP contribution in [-0.2, 0) is 37.0 Å². The highest BCUT2D eigenvalue weighted by molar-refractivity contribution is 7.08. The second-order valence-corrected chi connectivity index (χ2v) is 8.69. The Labute approximate surface area is 186 Å². The van der Waals surface area contributed by atoms with E-state index in [-0.39, 0.29) is 18.2 Å². The van der Waals surface area contributed by atoms with Gasteiger partial charge in [-0.1, -0.05) is 5.21 Å². The molecule has 0 unspecified atom stereocenters. The molecule has 4 aromatic heterocycles. The van der Waals surface area contributed by atoms with Gasteiger partial charge in [0.2, 0.25) is 17.7 Å². The van der Waals surface area contributed by atoms with Gasteiger partial charge in [0.1, 0.15) is 12.1 Å². The van der Waals surface area contributed by atoms with Crippen molar-refractivity contribution >= 4 is 23.2 Å². The van der Waals surface area contributed by atoms with E-state index in [1.54, 1.807) is 28.6 Å². The van der Waals surface area contributed by atoms with E-state index >= 15 is 0 Å². The largest absolute Gasteiger partial charge is 0.420 e. The van der Waals surface area contributed by atoms with Crippen LogP contribution < -0.4 is 5.32 Å². The first-order valence-electron chi connectivity index (χ1n) is 10.3. The van der Waals surface area contributed by atoms with Crippen LogP contribution in [0.4, 0.5) is 5.95 Å². The number of rotatable bonds is 5. The van der Waals surface area contributed by atoms with Crippen molar-refractivity contribution in [3.05, 3.63) is 51.6 Å².